The van der Waals surface area contributed by atoms with Crippen molar-refractivity contribution < 1.29 is 14.7 Å². The number of carboxylic acid groups (broad SMARTS) is 1. The summed E-state index contributed by atoms with van der Waals surface area (Å²) in [5, 5.41) is 11.3. The molecule has 0 unspecified atom stereocenters. The molecule has 1 amide bonds. The van der Waals surface area contributed by atoms with Crippen LogP contribution in [-0.4, -0.2) is 17.0 Å². The average molecular weight is 221 g/mol. The molecule has 0 bridgehead atoms. The quantitative estimate of drug-likeness (QED) is 0.790. The van der Waals surface area contributed by atoms with Crippen LogP contribution in [0.5, 0.6) is 0 Å². The number of carbonyl (C=O) groups excluding carboxylic acids is 1. The van der Waals surface area contributed by atoms with Crippen LogP contribution in [0.1, 0.15) is 18.9 Å². The van der Waals surface area contributed by atoms with E-state index in [-0.39, 0.29) is 12.3 Å². The second-order valence-electron chi connectivity index (χ2n) is 3.71. The SMILES string of the molecule is C[C@H](CC(=O)NCc1ccccc1)C(=O)O. The predicted molar refractivity (Wildman–Crippen MR) is 59.7 cm³/mol. The number of aliphatic carboxylic acids is 1. The summed E-state index contributed by atoms with van der Waals surface area (Å²) >= 11 is 0. The van der Waals surface area contributed by atoms with E-state index in [9.17, 15) is 9.59 Å². The molecular weight excluding hydrogens is 206 g/mol. The van der Waals surface area contributed by atoms with Gasteiger partial charge in [0.1, 0.15) is 0 Å². The normalized spacial score (nSPS) is 11.8. The van der Waals surface area contributed by atoms with Gasteiger partial charge in [0.25, 0.3) is 0 Å². The molecule has 1 aromatic rings. The van der Waals surface area contributed by atoms with Crippen LogP contribution in [0.2, 0.25) is 0 Å². The van der Waals surface area contributed by atoms with Crippen molar-refractivity contribution in [2.45, 2.75) is 19.9 Å². The number of hydrogen-bond acceptors (Lipinski definition) is 2. The molecule has 0 spiro atoms. The molecule has 0 saturated carbocycles. The molecule has 4 nitrogen and oxygen atoms in total. The Morgan fingerprint density at radius 2 is 1.94 bits per heavy atom. The smallest absolute Gasteiger partial charge is 0.306 e. The van der Waals surface area contributed by atoms with Gasteiger partial charge < -0.3 is 10.4 Å². The molecule has 2 N–H and O–H groups in total. The zero-order chi connectivity index (χ0) is 12.0. The van der Waals surface area contributed by atoms with Crippen molar-refractivity contribution in [1.82, 2.24) is 5.32 Å². The van der Waals surface area contributed by atoms with E-state index < -0.39 is 11.9 Å². The molecule has 0 heterocycles. The Morgan fingerprint density at radius 3 is 2.50 bits per heavy atom. The molecule has 1 rings (SSSR count). The molecule has 0 saturated heterocycles. The Hall–Kier alpha value is -1.84. The minimum absolute atomic E-state index is 0.0160. The molecule has 1 atom stereocenters. The topological polar surface area (TPSA) is 66.4 Å². The van der Waals surface area contributed by atoms with Crippen molar-refractivity contribution in [1.29, 1.82) is 0 Å². The van der Waals surface area contributed by atoms with E-state index in [1.807, 2.05) is 30.3 Å². The molecule has 0 fully saturated rings. The van der Waals surface area contributed by atoms with Gasteiger partial charge in [0.05, 0.1) is 5.92 Å². The maximum absolute atomic E-state index is 11.4. The second kappa shape index (κ2) is 5.90. The third kappa shape index (κ3) is 4.13. The van der Waals surface area contributed by atoms with Crippen molar-refractivity contribution in [3.63, 3.8) is 0 Å². The van der Waals surface area contributed by atoms with Crippen molar-refractivity contribution in [3.8, 4) is 0 Å². The lowest BCUT2D eigenvalue weighted by Gasteiger charge is -2.07. The molecule has 1 aromatic carbocycles. The van der Waals surface area contributed by atoms with E-state index in [0.29, 0.717) is 6.54 Å². The summed E-state index contributed by atoms with van der Waals surface area (Å²) in [6.45, 7) is 1.95. The number of benzene rings is 1. The first-order chi connectivity index (χ1) is 7.59. The summed E-state index contributed by atoms with van der Waals surface area (Å²) in [5.41, 5.74) is 0.999. The van der Waals surface area contributed by atoms with Crippen LogP contribution < -0.4 is 5.32 Å². The Morgan fingerprint density at radius 1 is 1.31 bits per heavy atom. The molecule has 0 aliphatic carbocycles. The first-order valence-corrected chi connectivity index (χ1v) is 5.13. The molecule has 0 aliphatic rings. The van der Waals surface area contributed by atoms with E-state index in [1.54, 1.807) is 0 Å². The molecular formula is C12H15NO3. The third-order valence-electron chi connectivity index (χ3n) is 2.25. The summed E-state index contributed by atoms with van der Waals surface area (Å²) in [7, 11) is 0. The Balaban J connectivity index is 2.33. The Bertz CT molecular complexity index is 362. The zero-order valence-electron chi connectivity index (χ0n) is 9.14. The van der Waals surface area contributed by atoms with E-state index in [4.69, 9.17) is 5.11 Å². The minimum Gasteiger partial charge on any atom is -0.481 e. The van der Waals surface area contributed by atoms with Crippen LogP contribution in [0.3, 0.4) is 0 Å². The van der Waals surface area contributed by atoms with Crippen molar-refractivity contribution >= 4 is 11.9 Å². The fraction of sp³-hybridized carbons (Fsp3) is 0.333. The van der Waals surface area contributed by atoms with Crippen LogP contribution in [0.4, 0.5) is 0 Å². The van der Waals surface area contributed by atoms with Gasteiger partial charge in [-0.1, -0.05) is 37.3 Å². The highest BCUT2D eigenvalue weighted by Gasteiger charge is 2.15. The van der Waals surface area contributed by atoms with Gasteiger partial charge in [-0.2, -0.15) is 0 Å². The number of carboxylic acids is 1. The monoisotopic (exact) mass is 221 g/mol. The number of hydrogen-bond donors (Lipinski definition) is 2. The number of amides is 1. The van der Waals surface area contributed by atoms with Crippen LogP contribution in [0.15, 0.2) is 30.3 Å². The van der Waals surface area contributed by atoms with E-state index >= 15 is 0 Å². The van der Waals surface area contributed by atoms with Gasteiger partial charge in [0, 0.05) is 13.0 Å². The molecule has 16 heavy (non-hydrogen) atoms. The lowest BCUT2D eigenvalue weighted by molar-refractivity contribution is -0.143. The zero-order valence-corrected chi connectivity index (χ0v) is 9.14. The molecule has 0 radical (unpaired) electrons. The van der Waals surface area contributed by atoms with E-state index in [2.05, 4.69) is 5.32 Å². The van der Waals surface area contributed by atoms with Crippen molar-refractivity contribution in [3.05, 3.63) is 35.9 Å². The molecule has 86 valence electrons. The number of carbonyl (C=O) groups is 2. The second-order valence-corrected chi connectivity index (χ2v) is 3.71. The standard InChI is InChI=1S/C12H15NO3/c1-9(12(15)16)7-11(14)13-8-10-5-3-2-4-6-10/h2-6,9H,7-8H2,1H3,(H,13,14)(H,15,16)/t9-/m1/s1. The van der Waals surface area contributed by atoms with Crippen LogP contribution >= 0.6 is 0 Å². The average Bonchev–Trinajstić information content (AvgIpc) is 2.27. The fourth-order valence-corrected chi connectivity index (χ4v) is 1.23. The van der Waals surface area contributed by atoms with Gasteiger partial charge in [0.2, 0.25) is 5.91 Å². The maximum Gasteiger partial charge on any atom is 0.306 e. The predicted octanol–water partition coefficient (Wildman–Crippen LogP) is 1.41. The molecule has 4 heteroatoms. The summed E-state index contributed by atoms with van der Waals surface area (Å²) in [4.78, 5) is 21.9. The molecule has 0 aromatic heterocycles. The summed E-state index contributed by atoms with van der Waals surface area (Å²) in [6, 6.07) is 9.49. The maximum atomic E-state index is 11.4. The fourth-order valence-electron chi connectivity index (χ4n) is 1.23. The van der Waals surface area contributed by atoms with Gasteiger partial charge in [-0.25, -0.2) is 0 Å². The largest absolute Gasteiger partial charge is 0.481 e. The Kier molecular flexibility index (Phi) is 4.51. The van der Waals surface area contributed by atoms with Crippen LogP contribution in [0, 0.1) is 5.92 Å². The van der Waals surface area contributed by atoms with E-state index in [0.717, 1.165) is 5.56 Å². The highest BCUT2D eigenvalue weighted by atomic mass is 16.4. The highest BCUT2D eigenvalue weighted by molar-refractivity contribution is 5.81. The van der Waals surface area contributed by atoms with Crippen molar-refractivity contribution in [2.75, 3.05) is 0 Å². The first kappa shape index (κ1) is 12.2. The highest BCUT2D eigenvalue weighted by Crippen LogP contribution is 2.02. The third-order valence-corrected chi connectivity index (χ3v) is 2.25. The summed E-state index contributed by atoms with van der Waals surface area (Å²) in [5.74, 6) is -1.83. The first-order valence-electron chi connectivity index (χ1n) is 5.13. The minimum atomic E-state index is -0.949. The van der Waals surface area contributed by atoms with Gasteiger partial charge in [-0.05, 0) is 5.56 Å². The van der Waals surface area contributed by atoms with Gasteiger partial charge in [0.15, 0.2) is 0 Å². The van der Waals surface area contributed by atoms with Crippen molar-refractivity contribution in [2.24, 2.45) is 5.92 Å². The summed E-state index contributed by atoms with van der Waals surface area (Å²) < 4.78 is 0. The lowest BCUT2D eigenvalue weighted by atomic mass is 10.1. The van der Waals surface area contributed by atoms with Gasteiger partial charge >= 0.3 is 5.97 Å². The lowest BCUT2D eigenvalue weighted by Crippen LogP contribution is -2.26. The van der Waals surface area contributed by atoms with Gasteiger partial charge in [-0.15, -0.1) is 0 Å². The van der Waals surface area contributed by atoms with Crippen LogP contribution in [0.25, 0.3) is 0 Å². The van der Waals surface area contributed by atoms with Gasteiger partial charge in [-0.3, -0.25) is 9.59 Å². The van der Waals surface area contributed by atoms with Crippen LogP contribution in [-0.2, 0) is 16.1 Å². The summed E-state index contributed by atoms with van der Waals surface area (Å²) in [6.07, 6.45) is 0.0160. The van der Waals surface area contributed by atoms with E-state index in [1.165, 1.54) is 6.92 Å². The Labute approximate surface area is 94.3 Å². The molecule has 0 aliphatic heterocycles. The number of nitrogens with one attached hydrogen (secondary N) is 1. The number of rotatable bonds is 5.